The Morgan fingerprint density at radius 2 is 1.58 bits per heavy atom. The first-order valence-electron chi connectivity index (χ1n) is 8.05. The Labute approximate surface area is 120 Å². The Balaban J connectivity index is 3.27. The fourth-order valence-corrected chi connectivity index (χ4v) is 3.49. The van der Waals surface area contributed by atoms with Crippen molar-refractivity contribution in [2.24, 2.45) is 17.8 Å². The van der Waals surface area contributed by atoms with E-state index in [4.69, 9.17) is 0 Å². The monoisotopic (exact) mass is 260 g/mol. The van der Waals surface area contributed by atoms with Gasteiger partial charge in [-0.1, -0.05) is 65.7 Å². The highest BCUT2D eigenvalue weighted by Crippen LogP contribution is 2.39. The van der Waals surface area contributed by atoms with Crippen LogP contribution in [0, 0.1) is 17.8 Å². The van der Waals surface area contributed by atoms with E-state index >= 15 is 0 Å². The normalized spacial score (nSPS) is 19.8. The molecular formula is C19H32. The van der Waals surface area contributed by atoms with Gasteiger partial charge in [-0.25, -0.2) is 0 Å². The Bertz CT molecular complexity index is 346. The molecule has 0 spiro atoms. The van der Waals surface area contributed by atoms with Crippen LogP contribution in [0.5, 0.6) is 0 Å². The molecule has 1 rings (SSSR count). The summed E-state index contributed by atoms with van der Waals surface area (Å²) in [5.41, 5.74) is 4.66. The molecular weight excluding hydrogens is 228 g/mol. The van der Waals surface area contributed by atoms with Crippen LogP contribution in [-0.2, 0) is 0 Å². The highest BCUT2D eigenvalue weighted by atomic mass is 14.3. The minimum Gasteiger partial charge on any atom is -0.0988 e. The molecule has 0 radical (unpaired) electrons. The predicted octanol–water partition coefficient (Wildman–Crippen LogP) is 6.31. The minimum absolute atomic E-state index is 0.572. The molecule has 0 nitrogen and oxygen atoms in total. The van der Waals surface area contributed by atoms with Gasteiger partial charge in [-0.15, -0.1) is 0 Å². The molecule has 1 aliphatic carbocycles. The second kappa shape index (κ2) is 7.72. The first-order valence-corrected chi connectivity index (χ1v) is 8.05. The number of hydrogen-bond acceptors (Lipinski definition) is 0. The summed E-state index contributed by atoms with van der Waals surface area (Å²) in [4.78, 5) is 0. The van der Waals surface area contributed by atoms with Crippen LogP contribution in [0.4, 0.5) is 0 Å². The van der Waals surface area contributed by atoms with Crippen LogP contribution in [0.25, 0.3) is 0 Å². The lowest BCUT2D eigenvalue weighted by Crippen LogP contribution is -2.16. The quantitative estimate of drug-likeness (QED) is 0.508. The third kappa shape index (κ3) is 4.09. The van der Waals surface area contributed by atoms with Crippen LogP contribution in [-0.4, -0.2) is 0 Å². The van der Waals surface area contributed by atoms with Gasteiger partial charge in [-0.3, -0.25) is 0 Å². The molecule has 0 heterocycles. The van der Waals surface area contributed by atoms with Crippen LogP contribution in [0.1, 0.15) is 66.7 Å². The Hall–Kier alpha value is -0.780. The van der Waals surface area contributed by atoms with E-state index in [9.17, 15) is 0 Å². The second-order valence-corrected chi connectivity index (χ2v) is 6.46. The number of allylic oxidation sites excluding steroid dienone is 5. The molecule has 0 aromatic carbocycles. The van der Waals surface area contributed by atoms with Crippen LogP contribution in [0.3, 0.4) is 0 Å². The molecule has 0 amide bonds. The maximum Gasteiger partial charge on any atom is -0.0156 e. The molecule has 0 aliphatic heterocycles. The SMILES string of the molecule is C=C/C(=C(\C(=C/C)C(C)C)C1CCCCC1)C(C)C. The van der Waals surface area contributed by atoms with Gasteiger partial charge in [0.1, 0.15) is 0 Å². The third-order valence-electron chi connectivity index (χ3n) is 4.41. The van der Waals surface area contributed by atoms with Gasteiger partial charge in [0.2, 0.25) is 0 Å². The summed E-state index contributed by atoms with van der Waals surface area (Å²) in [6.45, 7) is 15.5. The Morgan fingerprint density at radius 1 is 1.00 bits per heavy atom. The molecule has 0 unspecified atom stereocenters. The van der Waals surface area contributed by atoms with Crippen molar-refractivity contribution in [2.45, 2.75) is 66.7 Å². The van der Waals surface area contributed by atoms with E-state index in [0.29, 0.717) is 11.8 Å². The van der Waals surface area contributed by atoms with E-state index in [-0.39, 0.29) is 0 Å². The maximum absolute atomic E-state index is 4.09. The van der Waals surface area contributed by atoms with Gasteiger partial charge >= 0.3 is 0 Å². The van der Waals surface area contributed by atoms with Gasteiger partial charge in [0, 0.05) is 0 Å². The zero-order valence-electron chi connectivity index (χ0n) is 13.6. The van der Waals surface area contributed by atoms with Gasteiger partial charge in [0.05, 0.1) is 0 Å². The number of rotatable bonds is 5. The summed E-state index contributed by atoms with van der Waals surface area (Å²) < 4.78 is 0. The summed E-state index contributed by atoms with van der Waals surface area (Å²) in [5.74, 6) is 1.94. The second-order valence-electron chi connectivity index (χ2n) is 6.46. The van der Waals surface area contributed by atoms with Crippen LogP contribution in [0.15, 0.2) is 35.5 Å². The smallest absolute Gasteiger partial charge is 0.0156 e. The van der Waals surface area contributed by atoms with Crippen molar-refractivity contribution < 1.29 is 0 Å². The van der Waals surface area contributed by atoms with Crippen LogP contribution >= 0.6 is 0 Å². The van der Waals surface area contributed by atoms with E-state index in [2.05, 4.69) is 53.3 Å². The average molecular weight is 260 g/mol. The third-order valence-corrected chi connectivity index (χ3v) is 4.41. The summed E-state index contributed by atoms with van der Waals surface area (Å²) in [6.07, 6.45) is 11.4. The molecule has 0 saturated heterocycles. The van der Waals surface area contributed by atoms with E-state index in [0.717, 1.165) is 5.92 Å². The summed E-state index contributed by atoms with van der Waals surface area (Å²) in [6, 6.07) is 0. The van der Waals surface area contributed by atoms with Gasteiger partial charge in [-0.2, -0.15) is 0 Å². The topological polar surface area (TPSA) is 0 Å². The molecule has 0 aromatic heterocycles. The molecule has 19 heavy (non-hydrogen) atoms. The predicted molar refractivity (Wildman–Crippen MR) is 87.2 cm³/mol. The first-order chi connectivity index (χ1) is 9.02. The fourth-order valence-electron chi connectivity index (χ4n) is 3.49. The van der Waals surface area contributed by atoms with Gasteiger partial charge in [-0.05, 0) is 54.2 Å². The van der Waals surface area contributed by atoms with Crippen LogP contribution in [0.2, 0.25) is 0 Å². The van der Waals surface area contributed by atoms with E-state index in [1.165, 1.54) is 37.7 Å². The standard InChI is InChI=1S/C19H32/c1-7-17(14(3)4)19(18(8-2)15(5)6)16-12-10-9-11-13-16/h7-8,14-16H,1,9-13H2,2-6H3/b18-8-,19-17+. The average Bonchev–Trinajstić information content (AvgIpc) is 2.39. The summed E-state index contributed by atoms with van der Waals surface area (Å²) in [7, 11) is 0. The molecule has 0 aromatic rings. The maximum atomic E-state index is 4.09. The van der Waals surface area contributed by atoms with E-state index < -0.39 is 0 Å². The van der Waals surface area contributed by atoms with Crippen molar-refractivity contribution in [1.29, 1.82) is 0 Å². The molecule has 0 N–H and O–H groups in total. The van der Waals surface area contributed by atoms with Gasteiger partial charge in [0.25, 0.3) is 0 Å². The van der Waals surface area contributed by atoms with Crippen molar-refractivity contribution in [3.8, 4) is 0 Å². The van der Waals surface area contributed by atoms with Crippen molar-refractivity contribution in [1.82, 2.24) is 0 Å². The van der Waals surface area contributed by atoms with E-state index in [1.54, 1.807) is 11.1 Å². The van der Waals surface area contributed by atoms with Crippen molar-refractivity contribution >= 4 is 0 Å². The first kappa shape index (κ1) is 16.3. The lowest BCUT2D eigenvalue weighted by atomic mass is 9.74. The lowest BCUT2D eigenvalue weighted by molar-refractivity contribution is 0.398. The Kier molecular flexibility index (Phi) is 6.62. The van der Waals surface area contributed by atoms with Crippen LogP contribution < -0.4 is 0 Å². The highest BCUT2D eigenvalue weighted by Gasteiger charge is 2.24. The zero-order chi connectivity index (χ0) is 14.4. The molecule has 0 heteroatoms. The zero-order valence-corrected chi connectivity index (χ0v) is 13.6. The van der Waals surface area contributed by atoms with Crippen molar-refractivity contribution in [3.05, 3.63) is 35.5 Å². The molecule has 0 bridgehead atoms. The molecule has 108 valence electrons. The van der Waals surface area contributed by atoms with Gasteiger partial charge in [0.15, 0.2) is 0 Å². The molecule has 1 saturated carbocycles. The molecule has 1 fully saturated rings. The van der Waals surface area contributed by atoms with Gasteiger partial charge < -0.3 is 0 Å². The minimum atomic E-state index is 0.572. The number of hydrogen-bond donors (Lipinski definition) is 0. The van der Waals surface area contributed by atoms with Crippen molar-refractivity contribution in [3.63, 3.8) is 0 Å². The fraction of sp³-hybridized carbons (Fsp3) is 0.684. The molecule has 0 atom stereocenters. The lowest BCUT2D eigenvalue weighted by Gasteiger charge is -2.31. The molecule has 1 aliphatic rings. The highest BCUT2D eigenvalue weighted by molar-refractivity contribution is 5.43. The largest absolute Gasteiger partial charge is 0.0988 e. The van der Waals surface area contributed by atoms with E-state index in [1.807, 2.05) is 0 Å². The Morgan fingerprint density at radius 3 is 1.95 bits per heavy atom. The summed E-state index contributed by atoms with van der Waals surface area (Å²) in [5, 5.41) is 0. The summed E-state index contributed by atoms with van der Waals surface area (Å²) >= 11 is 0. The van der Waals surface area contributed by atoms with Crippen molar-refractivity contribution in [2.75, 3.05) is 0 Å².